The van der Waals surface area contributed by atoms with E-state index in [1.54, 1.807) is 24.0 Å². The summed E-state index contributed by atoms with van der Waals surface area (Å²) in [5, 5.41) is 12.4. The Kier molecular flexibility index (Phi) is 4.74. The van der Waals surface area contributed by atoms with Gasteiger partial charge in [-0.1, -0.05) is 16.9 Å². The van der Waals surface area contributed by atoms with Gasteiger partial charge in [-0.15, -0.1) is 0 Å². The molecule has 2 aromatic rings. The second-order valence-corrected chi connectivity index (χ2v) is 5.57. The second-order valence-electron chi connectivity index (χ2n) is 4.63. The molecule has 0 spiro atoms. The minimum absolute atomic E-state index is 0.000116. The summed E-state index contributed by atoms with van der Waals surface area (Å²) in [7, 11) is 0. The molecule has 0 amide bonds. The van der Waals surface area contributed by atoms with E-state index in [0.717, 1.165) is 27.7 Å². The van der Waals surface area contributed by atoms with Crippen LogP contribution in [0.2, 0.25) is 0 Å². The Morgan fingerprint density at radius 1 is 1.29 bits per heavy atom. The number of thioether (sulfide) groups is 1. The monoisotopic (exact) mass is 303 g/mol. The van der Waals surface area contributed by atoms with Crippen LogP contribution in [-0.4, -0.2) is 26.0 Å². The number of pyridine rings is 1. The van der Waals surface area contributed by atoms with Crippen molar-refractivity contribution in [2.75, 3.05) is 0 Å². The minimum Gasteiger partial charge on any atom is -0.409 e. The molecule has 0 aliphatic rings. The average molecular weight is 303 g/mol. The molecule has 7 heteroatoms. The third-order valence-corrected chi connectivity index (χ3v) is 4.09. The van der Waals surface area contributed by atoms with Gasteiger partial charge in [-0.25, -0.2) is 9.97 Å². The third kappa shape index (κ3) is 3.69. The molecule has 110 valence electrons. The average Bonchev–Trinajstić information content (AvgIpc) is 2.50. The zero-order valence-corrected chi connectivity index (χ0v) is 13.0. The van der Waals surface area contributed by atoms with E-state index in [0.29, 0.717) is 11.4 Å². The van der Waals surface area contributed by atoms with E-state index in [-0.39, 0.29) is 5.84 Å². The van der Waals surface area contributed by atoms with Crippen LogP contribution in [0.25, 0.3) is 0 Å². The van der Waals surface area contributed by atoms with Crippen molar-refractivity contribution in [3.8, 4) is 0 Å². The summed E-state index contributed by atoms with van der Waals surface area (Å²) in [5.41, 5.74) is 10.1. The number of nitrogens with zero attached hydrogens (tertiary/aromatic N) is 4. The van der Waals surface area contributed by atoms with Gasteiger partial charge >= 0.3 is 0 Å². The molecule has 3 N–H and O–H groups in total. The fraction of sp³-hybridized carbons (Fsp3) is 0.286. The SMILES string of the molecule is Cc1nc(SCc2ccnc(C(N)=NO)c2)nc(C)c1C. The van der Waals surface area contributed by atoms with Crippen LogP contribution in [0.15, 0.2) is 28.6 Å². The molecule has 2 aromatic heterocycles. The first-order valence-corrected chi connectivity index (χ1v) is 7.37. The Balaban J connectivity index is 2.13. The van der Waals surface area contributed by atoms with Crippen molar-refractivity contribution in [3.05, 3.63) is 46.5 Å². The van der Waals surface area contributed by atoms with Gasteiger partial charge < -0.3 is 10.9 Å². The smallest absolute Gasteiger partial charge is 0.188 e. The van der Waals surface area contributed by atoms with Crippen LogP contribution in [-0.2, 0) is 5.75 Å². The number of oxime groups is 1. The molecule has 0 saturated heterocycles. The van der Waals surface area contributed by atoms with Crippen LogP contribution in [0, 0.1) is 20.8 Å². The largest absolute Gasteiger partial charge is 0.409 e. The van der Waals surface area contributed by atoms with Crippen LogP contribution in [0.4, 0.5) is 0 Å². The number of amidine groups is 1. The van der Waals surface area contributed by atoms with Crippen molar-refractivity contribution in [2.24, 2.45) is 10.9 Å². The van der Waals surface area contributed by atoms with Gasteiger partial charge in [-0.3, -0.25) is 4.98 Å². The highest BCUT2D eigenvalue weighted by atomic mass is 32.2. The van der Waals surface area contributed by atoms with Gasteiger partial charge in [-0.2, -0.15) is 0 Å². The predicted molar refractivity (Wildman–Crippen MR) is 82.6 cm³/mol. The Morgan fingerprint density at radius 3 is 2.57 bits per heavy atom. The highest BCUT2D eigenvalue weighted by Crippen LogP contribution is 2.21. The molecule has 0 saturated carbocycles. The van der Waals surface area contributed by atoms with Gasteiger partial charge in [0.15, 0.2) is 11.0 Å². The molecule has 2 rings (SSSR count). The first kappa shape index (κ1) is 15.2. The first-order chi connectivity index (χ1) is 10.0. The lowest BCUT2D eigenvalue weighted by Gasteiger charge is -2.07. The Bertz CT molecular complexity index is 664. The molecular weight excluding hydrogens is 286 g/mol. The number of hydrogen-bond donors (Lipinski definition) is 2. The zero-order chi connectivity index (χ0) is 15.4. The van der Waals surface area contributed by atoms with Crippen molar-refractivity contribution in [3.63, 3.8) is 0 Å². The van der Waals surface area contributed by atoms with E-state index in [1.807, 2.05) is 26.8 Å². The maximum absolute atomic E-state index is 8.67. The Labute approximate surface area is 127 Å². The summed E-state index contributed by atoms with van der Waals surface area (Å²) in [6.07, 6.45) is 1.63. The van der Waals surface area contributed by atoms with Gasteiger partial charge in [0.05, 0.1) is 0 Å². The minimum atomic E-state index is 0.000116. The van der Waals surface area contributed by atoms with Crippen molar-refractivity contribution in [2.45, 2.75) is 31.7 Å². The van der Waals surface area contributed by atoms with Crippen molar-refractivity contribution in [1.82, 2.24) is 15.0 Å². The molecule has 21 heavy (non-hydrogen) atoms. The number of nitrogens with two attached hydrogens (primary N) is 1. The van der Waals surface area contributed by atoms with E-state index in [2.05, 4.69) is 20.1 Å². The quantitative estimate of drug-likeness (QED) is 0.224. The number of rotatable bonds is 4. The normalized spacial score (nSPS) is 11.7. The van der Waals surface area contributed by atoms with E-state index < -0.39 is 0 Å². The number of aryl methyl sites for hydroxylation is 2. The van der Waals surface area contributed by atoms with Gasteiger partial charge in [-0.05, 0) is 44.0 Å². The second kappa shape index (κ2) is 6.53. The topological polar surface area (TPSA) is 97.3 Å². The summed E-state index contributed by atoms with van der Waals surface area (Å²) in [5.74, 6) is 0.691. The van der Waals surface area contributed by atoms with Crippen LogP contribution in [0.3, 0.4) is 0 Å². The Hall–Kier alpha value is -2.15. The predicted octanol–water partition coefficient (Wildman–Crippen LogP) is 2.18. The molecule has 0 unspecified atom stereocenters. The van der Waals surface area contributed by atoms with Crippen LogP contribution in [0.1, 0.15) is 28.2 Å². The number of hydrogen-bond acceptors (Lipinski definition) is 6. The molecule has 0 aliphatic carbocycles. The molecule has 2 heterocycles. The van der Waals surface area contributed by atoms with Crippen molar-refractivity contribution in [1.29, 1.82) is 0 Å². The lowest BCUT2D eigenvalue weighted by Crippen LogP contribution is -2.15. The van der Waals surface area contributed by atoms with Crippen molar-refractivity contribution < 1.29 is 5.21 Å². The molecule has 0 fully saturated rings. The van der Waals surface area contributed by atoms with E-state index in [4.69, 9.17) is 10.9 Å². The van der Waals surface area contributed by atoms with Gasteiger partial charge in [0.2, 0.25) is 0 Å². The molecule has 6 nitrogen and oxygen atoms in total. The highest BCUT2D eigenvalue weighted by Gasteiger charge is 2.07. The lowest BCUT2D eigenvalue weighted by atomic mass is 10.2. The van der Waals surface area contributed by atoms with Crippen molar-refractivity contribution >= 4 is 17.6 Å². The summed E-state index contributed by atoms with van der Waals surface area (Å²) in [4.78, 5) is 13.0. The number of aromatic nitrogens is 3. The summed E-state index contributed by atoms with van der Waals surface area (Å²) < 4.78 is 0. The van der Waals surface area contributed by atoms with Crippen LogP contribution >= 0.6 is 11.8 Å². The first-order valence-electron chi connectivity index (χ1n) is 6.38. The molecule has 0 aliphatic heterocycles. The maximum Gasteiger partial charge on any atom is 0.188 e. The van der Waals surface area contributed by atoms with Gasteiger partial charge in [0, 0.05) is 23.3 Å². The van der Waals surface area contributed by atoms with E-state index >= 15 is 0 Å². The standard InChI is InChI=1S/C14H17N5OS/c1-8-9(2)17-14(18-10(8)3)21-7-11-4-5-16-12(6-11)13(15)19-20/h4-6,20H,7H2,1-3H3,(H2,15,19). The highest BCUT2D eigenvalue weighted by molar-refractivity contribution is 7.98. The molecular formula is C14H17N5OS. The lowest BCUT2D eigenvalue weighted by molar-refractivity contribution is 0.318. The maximum atomic E-state index is 8.67. The molecule has 0 radical (unpaired) electrons. The van der Waals surface area contributed by atoms with Gasteiger partial charge in [0.25, 0.3) is 0 Å². The molecule has 0 atom stereocenters. The van der Waals surface area contributed by atoms with Crippen LogP contribution in [0.5, 0.6) is 0 Å². The summed E-state index contributed by atoms with van der Waals surface area (Å²) >= 11 is 1.55. The fourth-order valence-corrected chi connectivity index (χ4v) is 2.59. The summed E-state index contributed by atoms with van der Waals surface area (Å²) in [6, 6.07) is 3.67. The van der Waals surface area contributed by atoms with E-state index in [1.165, 1.54) is 0 Å². The zero-order valence-electron chi connectivity index (χ0n) is 12.2. The third-order valence-electron chi connectivity index (χ3n) is 3.17. The van der Waals surface area contributed by atoms with E-state index in [9.17, 15) is 0 Å². The van der Waals surface area contributed by atoms with Gasteiger partial charge in [0.1, 0.15) is 5.69 Å². The molecule has 0 bridgehead atoms. The summed E-state index contributed by atoms with van der Waals surface area (Å²) in [6.45, 7) is 5.99. The van der Waals surface area contributed by atoms with Crippen LogP contribution < -0.4 is 5.73 Å². The fourth-order valence-electron chi connectivity index (χ4n) is 1.71. The molecule has 0 aromatic carbocycles. The Morgan fingerprint density at radius 2 is 1.95 bits per heavy atom.